The minimum Gasteiger partial charge on any atom is -0.310 e. The van der Waals surface area contributed by atoms with E-state index < -0.39 is 11.8 Å². The van der Waals surface area contributed by atoms with Crippen LogP contribution < -0.4 is 10.6 Å². The maximum absolute atomic E-state index is 11.9. The van der Waals surface area contributed by atoms with Crippen LogP contribution in [0, 0.1) is 0 Å². The molecule has 0 atom stereocenters. The highest BCUT2D eigenvalue weighted by Crippen LogP contribution is 2.15. The Balaban J connectivity index is 1.59. The van der Waals surface area contributed by atoms with Crippen molar-refractivity contribution in [2.45, 2.75) is 6.42 Å². The molecule has 120 valence electrons. The molecule has 2 N–H and O–H groups in total. The van der Waals surface area contributed by atoms with Gasteiger partial charge in [-0.15, -0.1) is 0 Å². The van der Waals surface area contributed by atoms with E-state index in [2.05, 4.69) is 20.6 Å². The Kier molecular flexibility index (Phi) is 4.67. The van der Waals surface area contributed by atoms with Gasteiger partial charge in [-0.25, -0.2) is 9.97 Å². The van der Waals surface area contributed by atoms with Gasteiger partial charge in [0, 0.05) is 11.6 Å². The number of halogens is 1. The summed E-state index contributed by atoms with van der Waals surface area (Å²) in [7, 11) is 0. The molecule has 0 saturated carbocycles. The van der Waals surface area contributed by atoms with Crippen LogP contribution in [0.4, 0.5) is 11.6 Å². The highest BCUT2D eigenvalue weighted by Gasteiger charge is 2.11. The second kappa shape index (κ2) is 7.06. The van der Waals surface area contributed by atoms with Crippen LogP contribution in [-0.2, 0) is 9.59 Å². The van der Waals surface area contributed by atoms with E-state index in [1.165, 1.54) is 6.20 Å². The second-order valence-corrected chi connectivity index (χ2v) is 5.46. The van der Waals surface area contributed by atoms with Gasteiger partial charge < -0.3 is 10.6 Å². The number of hydrogen-bond acceptors (Lipinski definition) is 4. The number of rotatable bonds is 4. The first-order valence-electron chi connectivity index (χ1n) is 7.17. The van der Waals surface area contributed by atoms with Crippen molar-refractivity contribution in [1.29, 1.82) is 0 Å². The summed E-state index contributed by atoms with van der Waals surface area (Å²) in [5.74, 6) is -0.190. The number of nitrogens with one attached hydrogen (secondary N) is 2. The van der Waals surface area contributed by atoms with Gasteiger partial charge in [-0.3, -0.25) is 9.59 Å². The topological polar surface area (TPSA) is 84.0 Å². The van der Waals surface area contributed by atoms with Gasteiger partial charge in [0.15, 0.2) is 0 Å². The van der Waals surface area contributed by atoms with Crippen LogP contribution in [-0.4, -0.2) is 21.8 Å². The lowest BCUT2D eigenvalue weighted by atomic mass is 10.2. The van der Waals surface area contributed by atoms with E-state index in [-0.39, 0.29) is 6.42 Å². The highest BCUT2D eigenvalue weighted by atomic mass is 35.5. The molecule has 2 aromatic heterocycles. The summed E-state index contributed by atoms with van der Waals surface area (Å²) in [6.45, 7) is 0. The van der Waals surface area contributed by atoms with Gasteiger partial charge in [-0.1, -0.05) is 29.8 Å². The number of hydrogen-bond donors (Lipinski definition) is 2. The summed E-state index contributed by atoms with van der Waals surface area (Å²) in [5.41, 5.74) is 0.769. The van der Waals surface area contributed by atoms with Crippen molar-refractivity contribution < 1.29 is 9.59 Å². The molecule has 0 aliphatic rings. The van der Waals surface area contributed by atoms with Crippen LogP contribution in [0.2, 0.25) is 5.02 Å². The van der Waals surface area contributed by atoms with E-state index in [9.17, 15) is 9.59 Å². The average molecular weight is 341 g/mol. The third-order valence-corrected chi connectivity index (χ3v) is 3.41. The summed E-state index contributed by atoms with van der Waals surface area (Å²) in [6, 6.07) is 14.3. The number of fused-ring (bicyclic) bond motifs is 1. The zero-order valence-corrected chi connectivity index (χ0v) is 13.2. The largest absolute Gasteiger partial charge is 0.310 e. The quantitative estimate of drug-likeness (QED) is 0.714. The summed E-state index contributed by atoms with van der Waals surface area (Å²) in [4.78, 5) is 32.1. The molecular weight excluding hydrogens is 328 g/mol. The van der Waals surface area contributed by atoms with Crippen molar-refractivity contribution in [3.63, 3.8) is 0 Å². The number of anilines is 2. The van der Waals surface area contributed by atoms with E-state index in [0.29, 0.717) is 16.7 Å². The molecule has 1 aromatic carbocycles. The average Bonchev–Trinajstić information content (AvgIpc) is 2.56. The Morgan fingerprint density at radius 3 is 2.38 bits per heavy atom. The molecule has 0 spiro atoms. The zero-order valence-electron chi connectivity index (χ0n) is 12.5. The fraction of sp³-hybridized carbons (Fsp3) is 0.0588. The van der Waals surface area contributed by atoms with Crippen molar-refractivity contribution in [3.8, 4) is 0 Å². The van der Waals surface area contributed by atoms with E-state index >= 15 is 0 Å². The predicted molar refractivity (Wildman–Crippen MR) is 92.9 cm³/mol. The van der Waals surface area contributed by atoms with Gasteiger partial charge in [-0.2, -0.15) is 0 Å². The fourth-order valence-corrected chi connectivity index (χ4v) is 2.22. The third-order valence-electron chi connectivity index (χ3n) is 3.18. The van der Waals surface area contributed by atoms with Crippen molar-refractivity contribution >= 4 is 46.0 Å². The molecule has 0 bridgehead atoms. The Bertz CT molecular complexity index is 896. The molecule has 0 aliphatic carbocycles. The second-order valence-electron chi connectivity index (χ2n) is 5.02. The van der Waals surface area contributed by atoms with Gasteiger partial charge in [-0.05, 0) is 30.3 Å². The molecule has 0 fully saturated rings. The Morgan fingerprint density at radius 1 is 0.917 bits per heavy atom. The third kappa shape index (κ3) is 4.05. The minimum absolute atomic E-state index is 0.334. The number of aromatic nitrogens is 2. The lowest BCUT2D eigenvalue weighted by molar-refractivity contribution is -0.123. The van der Waals surface area contributed by atoms with Crippen LogP contribution in [0.1, 0.15) is 6.42 Å². The summed E-state index contributed by atoms with van der Waals surface area (Å²) in [5, 5.41) is 6.57. The first-order valence-corrected chi connectivity index (χ1v) is 7.55. The van der Waals surface area contributed by atoms with Crippen molar-refractivity contribution in [1.82, 2.24) is 9.97 Å². The van der Waals surface area contributed by atoms with Gasteiger partial charge in [0.2, 0.25) is 11.8 Å². The normalized spacial score (nSPS) is 10.4. The fourth-order valence-electron chi connectivity index (χ4n) is 2.11. The molecule has 0 aliphatic heterocycles. The zero-order chi connectivity index (χ0) is 16.9. The van der Waals surface area contributed by atoms with Crippen LogP contribution >= 0.6 is 11.6 Å². The summed E-state index contributed by atoms with van der Waals surface area (Å²) < 4.78 is 0. The lowest BCUT2D eigenvalue weighted by Gasteiger charge is -2.06. The van der Waals surface area contributed by atoms with Crippen molar-refractivity contribution in [3.05, 3.63) is 59.8 Å². The van der Waals surface area contributed by atoms with Crippen molar-refractivity contribution in [2.75, 3.05) is 10.6 Å². The molecule has 0 radical (unpaired) electrons. The summed E-state index contributed by atoms with van der Waals surface area (Å²) >= 11 is 5.72. The molecule has 2 amide bonds. The molecule has 2 heterocycles. The SMILES string of the molecule is O=C(CC(=O)Nc1ccc2ccccc2n1)Nc1ccc(Cl)cn1. The van der Waals surface area contributed by atoms with Crippen LogP contribution in [0.5, 0.6) is 0 Å². The number of carbonyl (C=O) groups excluding carboxylic acids is 2. The number of benzene rings is 1. The van der Waals surface area contributed by atoms with E-state index in [1.54, 1.807) is 18.2 Å². The molecule has 6 nitrogen and oxygen atoms in total. The molecule has 24 heavy (non-hydrogen) atoms. The number of amides is 2. The first-order chi connectivity index (χ1) is 11.6. The van der Waals surface area contributed by atoms with Gasteiger partial charge >= 0.3 is 0 Å². The van der Waals surface area contributed by atoms with E-state index in [0.717, 1.165) is 10.9 Å². The van der Waals surface area contributed by atoms with Gasteiger partial charge in [0.25, 0.3) is 0 Å². The lowest BCUT2D eigenvalue weighted by Crippen LogP contribution is -2.22. The Hall–Kier alpha value is -2.99. The number of para-hydroxylation sites is 1. The molecular formula is C17H13ClN4O2. The van der Waals surface area contributed by atoms with E-state index in [4.69, 9.17) is 11.6 Å². The van der Waals surface area contributed by atoms with Crippen LogP contribution in [0.15, 0.2) is 54.7 Å². The Morgan fingerprint density at radius 2 is 1.62 bits per heavy atom. The Labute approximate surface area is 142 Å². The minimum atomic E-state index is -0.469. The molecule has 0 unspecified atom stereocenters. The van der Waals surface area contributed by atoms with E-state index in [1.807, 2.05) is 30.3 Å². The standard InChI is InChI=1S/C17H13ClN4O2/c18-12-6-8-14(19-10-12)21-16(23)9-17(24)22-15-7-5-11-3-1-2-4-13(11)20-15/h1-8,10H,9H2,(H,19,21,23)(H,20,22,24). The first kappa shape index (κ1) is 15.9. The number of carbonyl (C=O) groups is 2. The predicted octanol–water partition coefficient (Wildman–Crippen LogP) is 3.25. The smallest absolute Gasteiger partial charge is 0.234 e. The maximum atomic E-state index is 11.9. The van der Waals surface area contributed by atoms with Crippen LogP contribution in [0.25, 0.3) is 10.9 Å². The van der Waals surface area contributed by atoms with Crippen LogP contribution in [0.3, 0.4) is 0 Å². The summed E-state index contributed by atoms with van der Waals surface area (Å²) in [6.07, 6.45) is 1.08. The highest BCUT2D eigenvalue weighted by molar-refractivity contribution is 6.30. The van der Waals surface area contributed by atoms with Crippen molar-refractivity contribution in [2.24, 2.45) is 0 Å². The van der Waals surface area contributed by atoms with Gasteiger partial charge in [0.05, 0.1) is 10.5 Å². The molecule has 3 rings (SSSR count). The van der Waals surface area contributed by atoms with Gasteiger partial charge in [0.1, 0.15) is 18.1 Å². The molecule has 0 saturated heterocycles. The molecule has 7 heteroatoms. The molecule has 3 aromatic rings. The monoisotopic (exact) mass is 340 g/mol. The maximum Gasteiger partial charge on any atom is 0.234 e. The number of nitrogens with zero attached hydrogens (tertiary/aromatic N) is 2. The number of pyridine rings is 2.